The summed E-state index contributed by atoms with van der Waals surface area (Å²) in [6.45, 7) is 4.26. The molecule has 0 aromatic heterocycles. The summed E-state index contributed by atoms with van der Waals surface area (Å²) in [6.07, 6.45) is 0.524. The Hall–Kier alpha value is -0.820. The molecule has 1 rings (SSSR count). The molecule has 0 saturated carbocycles. The summed E-state index contributed by atoms with van der Waals surface area (Å²) in [5, 5.41) is 13.0. The zero-order valence-corrected chi connectivity index (χ0v) is 12.7. The van der Waals surface area contributed by atoms with Crippen LogP contribution in [0.25, 0.3) is 0 Å². The van der Waals surface area contributed by atoms with Crippen LogP contribution >= 0.6 is 22.6 Å². The third-order valence-corrected chi connectivity index (χ3v) is 3.50. The summed E-state index contributed by atoms with van der Waals surface area (Å²) >= 11 is 2.11. The first-order valence-electron chi connectivity index (χ1n) is 5.97. The molecule has 1 aromatic carbocycles. The Morgan fingerprint density at radius 2 is 2.11 bits per heavy atom. The number of ether oxygens (including phenoxy) is 1. The average Bonchev–Trinajstić information content (AvgIpc) is 2.36. The molecule has 0 bridgehead atoms. The van der Waals surface area contributed by atoms with E-state index in [1.54, 1.807) is 13.0 Å². The Labute approximate surface area is 121 Å². The lowest BCUT2D eigenvalue weighted by Gasteiger charge is -2.28. The Morgan fingerprint density at radius 3 is 2.67 bits per heavy atom. The van der Waals surface area contributed by atoms with E-state index in [1.165, 1.54) is 0 Å². The summed E-state index contributed by atoms with van der Waals surface area (Å²) in [5.74, 6) is -1.57. The Bertz CT molecular complexity index is 411. The van der Waals surface area contributed by atoms with Crippen LogP contribution in [0.1, 0.15) is 32.3 Å². The molecule has 18 heavy (non-hydrogen) atoms. The van der Waals surface area contributed by atoms with Crippen molar-refractivity contribution in [1.82, 2.24) is 5.32 Å². The van der Waals surface area contributed by atoms with Gasteiger partial charge in [0.25, 0.3) is 0 Å². The molecule has 0 fully saturated rings. The number of nitrogens with one attached hydrogen (secondary N) is 1. The molecule has 0 heterocycles. The molecule has 0 aliphatic rings. The van der Waals surface area contributed by atoms with Crippen LogP contribution in [-0.4, -0.2) is 17.7 Å². The molecule has 1 amide bonds. The molecule has 1 atom stereocenters. The van der Waals surface area contributed by atoms with Crippen molar-refractivity contribution in [1.29, 1.82) is 0 Å². The molecular formula is C13H18INO3. The van der Waals surface area contributed by atoms with Crippen molar-refractivity contribution in [2.45, 2.75) is 32.5 Å². The fourth-order valence-electron chi connectivity index (χ4n) is 1.51. The van der Waals surface area contributed by atoms with Crippen LogP contribution in [0.15, 0.2) is 24.3 Å². The molecule has 100 valence electrons. The maximum Gasteiger partial charge on any atom is 0.409 e. The first kappa shape index (κ1) is 15.2. The molecule has 0 spiro atoms. The minimum Gasteiger partial charge on any atom is -0.413 e. The Balaban J connectivity index is 2.86. The lowest BCUT2D eigenvalue weighted by molar-refractivity contribution is -0.172. The second-order valence-corrected chi connectivity index (χ2v) is 5.10. The summed E-state index contributed by atoms with van der Waals surface area (Å²) < 4.78 is 6.02. The van der Waals surface area contributed by atoms with Gasteiger partial charge in [-0.15, -0.1) is 0 Å². The SMILES string of the molecule is CCCNC(=O)O[C@@](O)(CC)c1ccccc1I. The van der Waals surface area contributed by atoms with E-state index in [9.17, 15) is 9.90 Å². The van der Waals surface area contributed by atoms with Gasteiger partial charge in [-0.1, -0.05) is 32.0 Å². The van der Waals surface area contributed by atoms with Crippen molar-refractivity contribution in [3.05, 3.63) is 33.4 Å². The number of amides is 1. The molecule has 0 unspecified atom stereocenters. The highest BCUT2D eigenvalue weighted by Gasteiger charge is 2.33. The molecule has 0 aliphatic heterocycles. The van der Waals surface area contributed by atoms with Gasteiger partial charge < -0.3 is 15.2 Å². The first-order valence-corrected chi connectivity index (χ1v) is 7.05. The third-order valence-electron chi connectivity index (χ3n) is 2.55. The van der Waals surface area contributed by atoms with Crippen LogP contribution in [-0.2, 0) is 10.5 Å². The van der Waals surface area contributed by atoms with Gasteiger partial charge in [0.15, 0.2) is 0 Å². The summed E-state index contributed by atoms with van der Waals surface area (Å²) in [7, 11) is 0. The van der Waals surface area contributed by atoms with E-state index in [0.717, 1.165) is 9.99 Å². The Kier molecular flexibility index (Phi) is 5.87. The molecule has 0 saturated heterocycles. The number of benzene rings is 1. The van der Waals surface area contributed by atoms with Crippen LogP contribution < -0.4 is 5.32 Å². The van der Waals surface area contributed by atoms with Crippen molar-refractivity contribution in [2.75, 3.05) is 6.54 Å². The number of rotatable bonds is 5. The van der Waals surface area contributed by atoms with Gasteiger partial charge in [-0.25, -0.2) is 4.79 Å². The van der Waals surface area contributed by atoms with Gasteiger partial charge in [0.1, 0.15) is 0 Å². The van der Waals surface area contributed by atoms with Crippen LogP contribution in [0, 0.1) is 3.57 Å². The highest BCUT2D eigenvalue weighted by atomic mass is 127. The number of aliphatic hydroxyl groups is 1. The lowest BCUT2D eigenvalue weighted by Crippen LogP contribution is -2.37. The van der Waals surface area contributed by atoms with Crippen LogP contribution in [0.4, 0.5) is 4.79 Å². The highest BCUT2D eigenvalue weighted by Crippen LogP contribution is 2.30. The predicted octanol–water partition coefficient (Wildman–Crippen LogP) is 2.98. The maximum absolute atomic E-state index is 11.6. The topological polar surface area (TPSA) is 58.6 Å². The quantitative estimate of drug-likeness (QED) is 0.625. The van der Waals surface area contributed by atoms with Crippen molar-refractivity contribution < 1.29 is 14.6 Å². The summed E-state index contributed by atoms with van der Waals surface area (Å²) in [4.78, 5) is 11.6. The third kappa shape index (κ3) is 3.84. The molecule has 5 heteroatoms. The van der Waals surface area contributed by atoms with Gasteiger partial charge >= 0.3 is 6.09 Å². The van der Waals surface area contributed by atoms with Gasteiger partial charge in [-0.2, -0.15) is 0 Å². The molecule has 1 aromatic rings. The first-order chi connectivity index (χ1) is 8.53. The average molecular weight is 363 g/mol. The van der Waals surface area contributed by atoms with Crippen molar-refractivity contribution in [3.8, 4) is 0 Å². The van der Waals surface area contributed by atoms with Crippen molar-refractivity contribution >= 4 is 28.7 Å². The number of halogens is 1. The number of alkyl carbamates (subject to hydrolysis) is 1. The summed E-state index contributed by atoms with van der Waals surface area (Å²) in [6, 6.07) is 7.31. The molecular weight excluding hydrogens is 345 g/mol. The molecule has 0 aliphatic carbocycles. The number of hydrogen-bond acceptors (Lipinski definition) is 3. The van der Waals surface area contributed by atoms with Gasteiger partial charge in [-0.3, -0.25) is 0 Å². The van der Waals surface area contributed by atoms with E-state index >= 15 is 0 Å². The van der Waals surface area contributed by atoms with Gasteiger partial charge in [0.05, 0.1) is 0 Å². The minimum absolute atomic E-state index is 0.298. The van der Waals surface area contributed by atoms with E-state index in [2.05, 4.69) is 27.9 Å². The minimum atomic E-state index is -1.57. The zero-order valence-electron chi connectivity index (χ0n) is 10.6. The van der Waals surface area contributed by atoms with Crippen LogP contribution in [0.3, 0.4) is 0 Å². The normalized spacial score (nSPS) is 13.8. The molecule has 0 radical (unpaired) electrons. The second-order valence-electron chi connectivity index (χ2n) is 3.93. The number of carbonyl (C=O) groups excluding carboxylic acids is 1. The zero-order chi connectivity index (χ0) is 13.6. The largest absolute Gasteiger partial charge is 0.413 e. The van der Waals surface area contributed by atoms with E-state index < -0.39 is 11.9 Å². The molecule has 4 nitrogen and oxygen atoms in total. The fourth-order valence-corrected chi connectivity index (χ4v) is 2.32. The van der Waals surface area contributed by atoms with E-state index in [4.69, 9.17) is 4.74 Å². The van der Waals surface area contributed by atoms with Crippen LogP contribution in [0.2, 0.25) is 0 Å². The Morgan fingerprint density at radius 1 is 1.44 bits per heavy atom. The van der Waals surface area contributed by atoms with Crippen LogP contribution in [0.5, 0.6) is 0 Å². The van der Waals surface area contributed by atoms with Crippen molar-refractivity contribution in [2.24, 2.45) is 0 Å². The van der Waals surface area contributed by atoms with Gasteiger partial charge in [0, 0.05) is 22.1 Å². The van der Waals surface area contributed by atoms with Crippen molar-refractivity contribution in [3.63, 3.8) is 0 Å². The smallest absolute Gasteiger partial charge is 0.409 e. The van der Waals surface area contributed by atoms with Gasteiger partial charge in [0.2, 0.25) is 5.79 Å². The van der Waals surface area contributed by atoms with Gasteiger partial charge in [-0.05, 0) is 35.1 Å². The fraction of sp³-hybridized carbons (Fsp3) is 0.462. The van der Waals surface area contributed by atoms with E-state index in [-0.39, 0.29) is 0 Å². The molecule has 2 N–H and O–H groups in total. The number of hydrogen-bond donors (Lipinski definition) is 2. The standard InChI is InChI=1S/C13H18INO3/c1-3-9-15-12(16)18-13(17,4-2)10-7-5-6-8-11(10)14/h5-8,17H,3-4,9H2,1-2H3,(H,15,16)/t13-/m0/s1. The van der Waals surface area contributed by atoms with E-state index in [0.29, 0.717) is 18.5 Å². The highest BCUT2D eigenvalue weighted by molar-refractivity contribution is 14.1. The lowest BCUT2D eigenvalue weighted by atomic mass is 10.0. The second kappa shape index (κ2) is 6.94. The summed E-state index contributed by atoms with van der Waals surface area (Å²) in [5.41, 5.74) is 0.611. The predicted molar refractivity (Wildman–Crippen MR) is 78.1 cm³/mol. The maximum atomic E-state index is 11.6. The van der Waals surface area contributed by atoms with E-state index in [1.807, 2.05) is 25.1 Å². The number of carbonyl (C=O) groups is 1. The monoisotopic (exact) mass is 363 g/mol.